The van der Waals surface area contributed by atoms with Gasteiger partial charge in [0.25, 0.3) is 15.9 Å². The van der Waals surface area contributed by atoms with Gasteiger partial charge in [-0.05, 0) is 44.0 Å². The van der Waals surface area contributed by atoms with Crippen LogP contribution in [-0.2, 0) is 14.8 Å². The maximum atomic E-state index is 12.0. The van der Waals surface area contributed by atoms with E-state index in [1.807, 2.05) is 0 Å². The third-order valence-electron chi connectivity index (χ3n) is 2.91. The van der Waals surface area contributed by atoms with E-state index in [0.29, 0.717) is 6.42 Å². The predicted molar refractivity (Wildman–Crippen MR) is 67.5 cm³/mol. The molecule has 1 atom stereocenters. The number of carbonyl (C=O) groups excluding carboxylic acids is 1. The van der Waals surface area contributed by atoms with Crippen molar-refractivity contribution in [2.45, 2.75) is 30.7 Å². The van der Waals surface area contributed by atoms with Crippen molar-refractivity contribution in [2.75, 3.05) is 6.54 Å². The molecule has 18 heavy (non-hydrogen) atoms. The molecule has 0 saturated carbocycles. The Morgan fingerprint density at radius 3 is 2.83 bits per heavy atom. The van der Waals surface area contributed by atoms with E-state index in [1.165, 1.54) is 12.1 Å². The zero-order chi connectivity index (χ0) is 13.2. The van der Waals surface area contributed by atoms with E-state index in [4.69, 9.17) is 0 Å². The molecule has 0 bridgehead atoms. The van der Waals surface area contributed by atoms with Crippen LogP contribution in [0.15, 0.2) is 29.2 Å². The standard InChI is InChI=1S/C12H16N2O3S/c1-9-4-2-5-10(8-9)18(16,17)14-12(15)11-6-3-7-13-11/h2,4-5,8,11,13H,3,6-7H2,1H3,(H,14,15)/t11-/m0/s1. The molecule has 0 radical (unpaired) electrons. The highest BCUT2D eigenvalue weighted by molar-refractivity contribution is 7.90. The van der Waals surface area contributed by atoms with E-state index < -0.39 is 22.0 Å². The Bertz CT molecular complexity index is 548. The monoisotopic (exact) mass is 268 g/mol. The minimum Gasteiger partial charge on any atom is -0.306 e. The largest absolute Gasteiger partial charge is 0.306 e. The molecule has 2 rings (SSSR count). The summed E-state index contributed by atoms with van der Waals surface area (Å²) in [6.07, 6.45) is 1.57. The summed E-state index contributed by atoms with van der Waals surface area (Å²) in [5, 5.41) is 2.97. The van der Waals surface area contributed by atoms with E-state index in [0.717, 1.165) is 18.5 Å². The zero-order valence-electron chi connectivity index (χ0n) is 10.1. The second-order valence-corrected chi connectivity index (χ2v) is 6.12. The van der Waals surface area contributed by atoms with Crippen molar-refractivity contribution in [3.05, 3.63) is 29.8 Å². The van der Waals surface area contributed by atoms with Crippen LogP contribution in [0.25, 0.3) is 0 Å². The quantitative estimate of drug-likeness (QED) is 0.839. The lowest BCUT2D eigenvalue weighted by Gasteiger charge is -2.11. The van der Waals surface area contributed by atoms with Crippen LogP contribution in [0.1, 0.15) is 18.4 Å². The molecular formula is C12H16N2O3S. The lowest BCUT2D eigenvalue weighted by Crippen LogP contribution is -2.43. The maximum absolute atomic E-state index is 12.0. The van der Waals surface area contributed by atoms with Crippen molar-refractivity contribution in [2.24, 2.45) is 0 Å². The molecule has 1 aromatic carbocycles. The fraction of sp³-hybridized carbons (Fsp3) is 0.417. The average molecular weight is 268 g/mol. The van der Waals surface area contributed by atoms with Gasteiger partial charge in [0.15, 0.2) is 0 Å². The molecule has 0 aliphatic carbocycles. The number of carbonyl (C=O) groups is 1. The number of hydrogen-bond donors (Lipinski definition) is 2. The van der Waals surface area contributed by atoms with Crippen LogP contribution in [-0.4, -0.2) is 26.9 Å². The number of sulfonamides is 1. The molecule has 6 heteroatoms. The van der Waals surface area contributed by atoms with E-state index in [-0.39, 0.29) is 4.90 Å². The van der Waals surface area contributed by atoms with Crippen molar-refractivity contribution in [1.29, 1.82) is 0 Å². The van der Waals surface area contributed by atoms with Crippen LogP contribution in [0.4, 0.5) is 0 Å². The van der Waals surface area contributed by atoms with Gasteiger partial charge in [-0.25, -0.2) is 13.1 Å². The minimum atomic E-state index is -3.76. The van der Waals surface area contributed by atoms with Gasteiger partial charge in [-0.15, -0.1) is 0 Å². The van der Waals surface area contributed by atoms with Crippen molar-refractivity contribution in [3.63, 3.8) is 0 Å². The summed E-state index contributed by atoms with van der Waals surface area (Å²) in [6, 6.07) is 6.08. The van der Waals surface area contributed by atoms with Crippen LogP contribution in [0.3, 0.4) is 0 Å². The predicted octanol–water partition coefficient (Wildman–Crippen LogP) is 0.552. The molecule has 1 saturated heterocycles. The average Bonchev–Trinajstić information content (AvgIpc) is 2.82. The van der Waals surface area contributed by atoms with Gasteiger partial charge in [0, 0.05) is 0 Å². The Morgan fingerprint density at radius 1 is 1.44 bits per heavy atom. The lowest BCUT2D eigenvalue weighted by molar-refractivity contribution is -0.121. The Labute approximate surface area is 107 Å². The van der Waals surface area contributed by atoms with Gasteiger partial charge < -0.3 is 5.32 Å². The molecule has 1 heterocycles. The molecule has 0 unspecified atom stereocenters. The smallest absolute Gasteiger partial charge is 0.264 e. The number of aryl methyl sites for hydroxylation is 1. The fourth-order valence-corrected chi connectivity index (χ4v) is 3.08. The van der Waals surface area contributed by atoms with Crippen molar-refractivity contribution in [3.8, 4) is 0 Å². The molecule has 5 nitrogen and oxygen atoms in total. The highest BCUT2D eigenvalue weighted by Crippen LogP contribution is 2.12. The van der Waals surface area contributed by atoms with Gasteiger partial charge in [-0.2, -0.15) is 0 Å². The lowest BCUT2D eigenvalue weighted by atomic mass is 10.2. The molecule has 1 aliphatic heterocycles. The normalized spacial score (nSPS) is 19.7. The zero-order valence-corrected chi connectivity index (χ0v) is 11.0. The Morgan fingerprint density at radius 2 is 2.22 bits per heavy atom. The summed E-state index contributed by atoms with van der Waals surface area (Å²) in [6.45, 7) is 2.56. The summed E-state index contributed by atoms with van der Waals surface area (Å²) < 4.78 is 26.1. The van der Waals surface area contributed by atoms with E-state index in [1.54, 1.807) is 19.1 Å². The third-order valence-corrected chi connectivity index (χ3v) is 4.26. The summed E-state index contributed by atoms with van der Waals surface area (Å²) in [5.74, 6) is -0.478. The van der Waals surface area contributed by atoms with Gasteiger partial charge in [0.2, 0.25) is 0 Å². The molecule has 0 aromatic heterocycles. The molecule has 1 amide bonds. The van der Waals surface area contributed by atoms with Crippen LogP contribution in [0.5, 0.6) is 0 Å². The van der Waals surface area contributed by atoms with Crippen molar-refractivity contribution < 1.29 is 13.2 Å². The third kappa shape index (κ3) is 2.88. The van der Waals surface area contributed by atoms with Crippen LogP contribution in [0.2, 0.25) is 0 Å². The second-order valence-electron chi connectivity index (χ2n) is 4.44. The minimum absolute atomic E-state index is 0.119. The Balaban J connectivity index is 2.14. The molecule has 1 aliphatic rings. The van der Waals surface area contributed by atoms with Crippen molar-refractivity contribution in [1.82, 2.24) is 10.0 Å². The van der Waals surface area contributed by atoms with Gasteiger partial charge >= 0.3 is 0 Å². The highest BCUT2D eigenvalue weighted by atomic mass is 32.2. The van der Waals surface area contributed by atoms with Crippen LogP contribution in [0, 0.1) is 6.92 Å². The van der Waals surface area contributed by atoms with Crippen LogP contribution < -0.4 is 10.0 Å². The highest BCUT2D eigenvalue weighted by Gasteiger charge is 2.26. The van der Waals surface area contributed by atoms with Gasteiger partial charge in [0.05, 0.1) is 10.9 Å². The van der Waals surface area contributed by atoms with E-state index in [9.17, 15) is 13.2 Å². The second kappa shape index (κ2) is 5.07. The number of amides is 1. The van der Waals surface area contributed by atoms with Crippen molar-refractivity contribution >= 4 is 15.9 Å². The van der Waals surface area contributed by atoms with E-state index >= 15 is 0 Å². The summed E-state index contributed by atoms with van der Waals surface area (Å²) in [4.78, 5) is 11.9. The van der Waals surface area contributed by atoms with E-state index in [2.05, 4.69) is 10.0 Å². The molecule has 2 N–H and O–H groups in total. The summed E-state index contributed by atoms with van der Waals surface area (Å²) in [7, 11) is -3.76. The molecular weight excluding hydrogens is 252 g/mol. The summed E-state index contributed by atoms with van der Waals surface area (Å²) >= 11 is 0. The Kier molecular flexibility index (Phi) is 3.68. The number of benzene rings is 1. The summed E-state index contributed by atoms with van der Waals surface area (Å²) in [5.41, 5.74) is 0.837. The first-order valence-electron chi connectivity index (χ1n) is 5.86. The first kappa shape index (κ1) is 13.0. The number of rotatable bonds is 3. The topological polar surface area (TPSA) is 75.3 Å². The first-order valence-corrected chi connectivity index (χ1v) is 7.34. The van der Waals surface area contributed by atoms with Gasteiger partial charge in [-0.1, -0.05) is 12.1 Å². The number of nitrogens with one attached hydrogen (secondary N) is 2. The molecule has 0 spiro atoms. The maximum Gasteiger partial charge on any atom is 0.264 e. The molecule has 98 valence electrons. The Hall–Kier alpha value is -1.40. The van der Waals surface area contributed by atoms with Gasteiger partial charge in [0.1, 0.15) is 0 Å². The first-order chi connectivity index (χ1) is 8.49. The SMILES string of the molecule is Cc1cccc(S(=O)(=O)NC(=O)[C@@H]2CCCN2)c1. The number of hydrogen-bond acceptors (Lipinski definition) is 4. The molecule has 1 fully saturated rings. The van der Waals surface area contributed by atoms with Crippen LogP contribution >= 0.6 is 0 Å². The fourth-order valence-electron chi connectivity index (χ4n) is 1.95. The molecule has 1 aromatic rings. The van der Waals surface area contributed by atoms with Gasteiger partial charge in [-0.3, -0.25) is 4.79 Å².